The number of methoxy groups -OCH3 is 1. The topological polar surface area (TPSA) is 82.1 Å². The van der Waals surface area contributed by atoms with Gasteiger partial charge in [-0.3, -0.25) is 9.59 Å². The third kappa shape index (κ3) is 8.93. The van der Waals surface area contributed by atoms with E-state index in [9.17, 15) is 19.1 Å². The Balaban J connectivity index is 0.000000185. The van der Waals surface area contributed by atoms with E-state index >= 15 is 0 Å². The third-order valence-corrected chi connectivity index (χ3v) is 7.02. The first kappa shape index (κ1) is 32.2. The largest absolute Gasteiger partial charge is 0.508 e. The number of aromatic hydroxyl groups is 1. The maximum absolute atomic E-state index is 12.9. The molecule has 47 heavy (non-hydrogen) atoms. The molecule has 0 heterocycles. The number of carbonyl (C=O) groups excluding carboxylic acids is 2. The van der Waals surface area contributed by atoms with Crippen molar-refractivity contribution in [3.8, 4) is 34.5 Å². The number of halogens is 1. The Morgan fingerprint density at radius 3 is 1.15 bits per heavy atom. The number of hydrogen-bond donors (Lipinski definition) is 1. The Hall–Kier alpha value is -6.21. The number of phenolic OH excluding ortho intramolecular Hbond substituents is 1. The summed E-state index contributed by atoms with van der Waals surface area (Å²) < 4.78 is 29.4. The predicted octanol–water partition coefficient (Wildman–Crippen LogP) is 9.58. The molecule has 0 amide bonds. The van der Waals surface area contributed by atoms with Gasteiger partial charge in [-0.2, -0.15) is 0 Å². The van der Waals surface area contributed by atoms with Crippen LogP contribution in [0.15, 0.2) is 146 Å². The van der Waals surface area contributed by atoms with E-state index in [1.54, 1.807) is 67.8 Å². The molecule has 0 saturated carbocycles. The summed E-state index contributed by atoms with van der Waals surface area (Å²) in [6.45, 7) is 2.00. The second-order valence-corrected chi connectivity index (χ2v) is 10.5. The van der Waals surface area contributed by atoms with E-state index in [1.165, 1.54) is 36.4 Å². The lowest BCUT2D eigenvalue weighted by molar-refractivity contribution is 0.103. The van der Waals surface area contributed by atoms with Crippen molar-refractivity contribution in [3.05, 3.63) is 179 Å². The molecule has 6 aromatic rings. The standard InChI is InChI=1S/C21H18O3.C19H13FO3/c1-15-3-5-16(6-4-15)21(22)17-7-9-19(10-8-17)24-20-13-11-18(23-2)12-14-20;20-15-5-1-13(2-6-15)19(22)14-3-9-17(10-4-14)23-18-11-7-16(21)8-12-18/h3-14H,1-2H3;1-12,21H. The van der Waals surface area contributed by atoms with Crippen molar-refractivity contribution >= 4 is 11.6 Å². The molecular formula is C40H31FO6. The van der Waals surface area contributed by atoms with Crippen molar-refractivity contribution in [2.24, 2.45) is 0 Å². The first-order chi connectivity index (χ1) is 22.8. The van der Waals surface area contributed by atoms with Crippen LogP contribution in [-0.4, -0.2) is 23.8 Å². The maximum atomic E-state index is 12.9. The molecule has 0 unspecified atom stereocenters. The van der Waals surface area contributed by atoms with Crippen molar-refractivity contribution in [1.29, 1.82) is 0 Å². The van der Waals surface area contributed by atoms with Crippen LogP contribution in [0.5, 0.6) is 34.5 Å². The van der Waals surface area contributed by atoms with Crippen LogP contribution in [0, 0.1) is 12.7 Å². The molecule has 0 fully saturated rings. The number of hydrogen-bond acceptors (Lipinski definition) is 6. The van der Waals surface area contributed by atoms with Gasteiger partial charge in [0.2, 0.25) is 0 Å². The predicted molar refractivity (Wildman–Crippen MR) is 179 cm³/mol. The van der Waals surface area contributed by atoms with Gasteiger partial charge in [0.25, 0.3) is 0 Å². The van der Waals surface area contributed by atoms with Gasteiger partial charge in [-0.15, -0.1) is 0 Å². The molecule has 6 nitrogen and oxygen atoms in total. The normalized spacial score (nSPS) is 10.3. The molecule has 7 heteroatoms. The summed E-state index contributed by atoms with van der Waals surface area (Å²) in [4.78, 5) is 24.7. The molecule has 6 aromatic carbocycles. The number of carbonyl (C=O) groups is 2. The van der Waals surface area contributed by atoms with Crippen molar-refractivity contribution in [2.75, 3.05) is 7.11 Å². The van der Waals surface area contributed by atoms with E-state index < -0.39 is 0 Å². The van der Waals surface area contributed by atoms with E-state index in [0.29, 0.717) is 45.3 Å². The summed E-state index contributed by atoms with van der Waals surface area (Å²) in [5, 5.41) is 9.23. The second kappa shape index (κ2) is 15.2. The summed E-state index contributed by atoms with van der Waals surface area (Å²) in [5.41, 5.74) is 3.38. The Bertz CT molecular complexity index is 1920. The van der Waals surface area contributed by atoms with Crippen LogP contribution >= 0.6 is 0 Å². The average molecular weight is 627 g/mol. The fraction of sp³-hybridized carbons (Fsp3) is 0.0500. The molecule has 0 atom stereocenters. The van der Waals surface area contributed by atoms with Gasteiger partial charge in [0, 0.05) is 22.3 Å². The van der Waals surface area contributed by atoms with E-state index in [-0.39, 0.29) is 23.1 Å². The van der Waals surface area contributed by atoms with Crippen LogP contribution in [0.25, 0.3) is 0 Å². The lowest BCUT2D eigenvalue weighted by Crippen LogP contribution is -2.01. The summed E-state index contributed by atoms with van der Waals surface area (Å²) in [5.74, 6) is 2.95. The summed E-state index contributed by atoms with van der Waals surface area (Å²) in [6, 6.07) is 40.5. The first-order valence-electron chi connectivity index (χ1n) is 14.7. The number of benzene rings is 6. The Morgan fingerprint density at radius 2 is 0.766 bits per heavy atom. The average Bonchev–Trinajstić information content (AvgIpc) is 3.11. The maximum Gasteiger partial charge on any atom is 0.193 e. The molecule has 0 spiro atoms. The second-order valence-electron chi connectivity index (χ2n) is 10.5. The highest BCUT2D eigenvalue weighted by Crippen LogP contribution is 2.26. The minimum Gasteiger partial charge on any atom is -0.508 e. The smallest absolute Gasteiger partial charge is 0.193 e. The highest BCUT2D eigenvalue weighted by atomic mass is 19.1. The third-order valence-electron chi connectivity index (χ3n) is 7.02. The Morgan fingerprint density at radius 1 is 0.468 bits per heavy atom. The zero-order valence-corrected chi connectivity index (χ0v) is 25.7. The van der Waals surface area contributed by atoms with E-state index in [4.69, 9.17) is 14.2 Å². The molecule has 6 rings (SSSR count). The number of aryl methyl sites for hydroxylation is 1. The zero-order chi connectivity index (χ0) is 33.2. The van der Waals surface area contributed by atoms with Crippen molar-refractivity contribution in [3.63, 3.8) is 0 Å². The fourth-order valence-electron chi connectivity index (χ4n) is 4.42. The lowest BCUT2D eigenvalue weighted by atomic mass is 10.0. The highest BCUT2D eigenvalue weighted by Gasteiger charge is 2.10. The minimum atomic E-state index is -0.376. The first-order valence-corrected chi connectivity index (χ1v) is 14.7. The lowest BCUT2D eigenvalue weighted by Gasteiger charge is -2.07. The van der Waals surface area contributed by atoms with Crippen LogP contribution in [0.1, 0.15) is 37.4 Å². The highest BCUT2D eigenvalue weighted by molar-refractivity contribution is 6.09. The van der Waals surface area contributed by atoms with Crippen molar-refractivity contribution < 1.29 is 33.3 Å². The summed E-state index contributed by atoms with van der Waals surface area (Å²) in [7, 11) is 1.62. The molecule has 0 aromatic heterocycles. The van der Waals surface area contributed by atoms with Crippen LogP contribution in [-0.2, 0) is 0 Å². The van der Waals surface area contributed by atoms with Gasteiger partial charge < -0.3 is 19.3 Å². The molecule has 0 aliphatic rings. The van der Waals surface area contributed by atoms with Gasteiger partial charge in [-0.05, 0) is 128 Å². The Labute approximate surface area is 272 Å². The zero-order valence-electron chi connectivity index (χ0n) is 25.7. The number of ketones is 2. The van der Waals surface area contributed by atoms with Crippen LogP contribution in [0.4, 0.5) is 4.39 Å². The van der Waals surface area contributed by atoms with Crippen molar-refractivity contribution in [1.82, 2.24) is 0 Å². The van der Waals surface area contributed by atoms with Gasteiger partial charge >= 0.3 is 0 Å². The van der Waals surface area contributed by atoms with Gasteiger partial charge in [-0.1, -0.05) is 29.8 Å². The molecule has 0 aliphatic heterocycles. The monoisotopic (exact) mass is 626 g/mol. The SMILES string of the molecule is COc1ccc(Oc2ccc(C(=O)c3ccc(C)cc3)cc2)cc1.O=C(c1ccc(F)cc1)c1ccc(Oc2ccc(O)cc2)cc1. The van der Waals surface area contributed by atoms with E-state index in [0.717, 1.165) is 11.3 Å². The molecule has 234 valence electrons. The summed E-state index contributed by atoms with van der Waals surface area (Å²) >= 11 is 0. The molecule has 0 aliphatic carbocycles. The number of ether oxygens (including phenoxy) is 3. The van der Waals surface area contributed by atoms with E-state index in [1.807, 2.05) is 55.5 Å². The van der Waals surface area contributed by atoms with Gasteiger partial charge in [-0.25, -0.2) is 4.39 Å². The molecule has 1 N–H and O–H groups in total. The number of phenols is 1. The van der Waals surface area contributed by atoms with Crippen LogP contribution in [0.2, 0.25) is 0 Å². The van der Waals surface area contributed by atoms with Gasteiger partial charge in [0.1, 0.15) is 40.3 Å². The van der Waals surface area contributed by atoms with Crippen LogP contribution < -0.4 is 14.2 Å². The number of rotatable bonds is 9. The van der Waals surface area contributed by atoms with Gasteiger partial charge in [0.15, 0.2) is 11.6 Å². The van der Waals surface area contributed by atoms with Crippen molar-refractivity contribution in [2.45, 2.75) is 6.92 Å². The van der Waals surface area contributed by atoms with Crippen LogP contribution in [0.3, 0.4) is 0 Å². The van der Waals surface area contributed by atoms with E-state index in [2.05, 4.69) is 0 Å². The van der Waals surface area contributed by atoms with Gasteiger partial charge in [0.05, 0.1) is 7.11 Å². The molecule has 0 saturated heterocycles. The molecule has 0 bridgehead atoms. The molecular weight excluding hydrogens is 595 g/mol. The fourth-order valence-corrected chi connectivity index (χ4v) is 4.42. The molecule has 0 radical (unpaired) electrons. The summed E-state index contributed by atoms with van der Waals surface area (Å²) in [6.07, 6.45) is 0. The Kier molecular flexibility index (Phi) is 10.4. The quantitative estimate of drug-likeness (QED) is 0.161. The minimum absolute atomic E-state index is 0.00555.